The summed E-state index contributed by atoms with van der Waals surface area (Å²) in [6.45, 7) is 5.82. The first kappa shape index (κ1) is 14.8. The number of hydrogen-bond acceptors (Lipinski definition) is 3. The van der Waals surface area contributed by atoms with Crippen molar-refractivity contribution in [2.75, 3.05) is 5.73 Å². The van der Waals surface area contributed by atoms with Crippen molar-refractivity contribution in [3.63, 3.8) is 0 Å². The fraction of sp³-hybridized carbons (Fsp3) is 0.333. The number of rotatable bonds is 4. The van der Waals surface area contributed by atoms with Gasteiger partial charge in [0.2, 0.25) is 10.0 Å². The first-order valence-corrected chi connectivity index (χ1v) is 8.11. The highest BCUT2D eigenvalue weighted by molar-refractivity contribution is 7.89. The van der Waals surface area contributed by atoms with Crippen LogP contribution in [0.2, 0.25) is 0 Å². The van der Waals surface area contributed by atoms with Gasteiger partial charge in [0.15, 0.2) is 0 Å². The molecule has 0 fully saturated rings. The zero-order valence-corrected chi connectivity index (χ0v) is 12.7. The molecule has 0 aliphatic rings. The van der Waals surface area contributed by atoms with E-state index in [1.807, 2.05) is 39.0 Å². The summed E-state index contributed by atoms with van der Waals surface area (Å²) in [4.78, 5) is 0.273. The van der Waals surface area contributed by atoms with Crippen LogP contribution in [0.3, 0.4) is 0 Å². The number of nitrogens with two attached hydrogens (primary N) is 1. The molecule has 0 aromatic heterocycles. The van der Waals surface area contributed by atoms with Crippen LogP contribution in [0.15, 0.2) is 41.3 Å². The van der Waals surface area contributed by atoms with E-state index in [-0.39, 0.29) is 16.9 Å². The third-order valence-corrected chi connectivity index (χ3v) is 5.17. The summed E-state index contributed by atoms with van der Waals surface area (Å²) < 4.78 is 27.8. The second-order valence-corrected chi connectivity index (χ2v) is 7.03. The van der Waals surface area contributed by atoms with E-state index in [0.29, 0.717) is 11.1 Å². The van der Waals surface area contributed by atoms with Gasteiger partial charge in [-0.1, -0.05) is 38.1 Å². The van der Waals surface area contributed by atoms with Gasteiger partial charge in [-0.05, 0) is 25.0 Å². The monoisotopic (exact) mass is 292 g/mol. The van der Waals surface area contributed by atoms with Gasteiger partial charge in [-0.25, -0.2) is 13.1 Å². The molecule has 5 heteroatoms. The second kappa shape index (κ2) is 5.42. The van der Waals surface area contributed by atoms with E-state index in [9.17, 15) is 8.42 Å². The molecule has 2 aromatic carbocycles. The van der Waals surface area contributed by atoms with E-state index < -0.39 is 10.0 Å². The molecule has 1 atom stereocenters. The molecule has 2 rings (SSSR count). The van der Waals surface area contributed by atoms with Crippen LogP contribution in [0.25, 0.3) is 10.8 Å². The van der Waals surface area contributed by atoms with Gasteiger partial charge in [0.05, 0.1) is 4.90 Å². The van der Waals surface area contributed by atoms with E-state index >= 15 is 0 Å². The lowest BCUT2D eigenvalue weighted by molar-refractivity contribution is 0.477. The third kappa shape index (κ3) is 2.78. The average molecular weight is 292 g/mol. The standard InChI is InChI=1S/C15H20N2O2S/c1-10(2)11(3)17-20(18,19)15-9-8-14(16)12-6-4-5-7-13(12)15/h4-11,17H,16H2,1-3H3. The maximum atomic E-state index is 12.5. The molecule has 108 valence electrons. The van der Waals surface area contributed by atoms with Crippen LogP contribution in [0, 0.1) is 5.92 Å². The smallest absolute Gasteiger partial charge is 0.241 e. The molecule has 0 radical (unpaired) electrons. The Kier molecular flexibility index (Phi) is 4.01. The van der Waals surface area contributed by atoms with Crippen LogP contribution >= 0.6 is 0 Å². The fourth-order valence-corrected chi connectivity index (χ4v) is 3.58. The summed E-state index contributed by atoms with van der Waals surface area (Å²) in [6.07, 6.45) is 0. The molecular formula is C15H20N2O2S. The largest absolute Gasteiger partial charge is 0.398 e. The number of sulfonamides is 1. The average Bonchev–Trinajstić information content (AvgIpc) is 2.38. The van der Waals surface area contributed by atoms with Crippen LogP contribution in [-0.2, 0) is 10.0 Å². The third-order valence-electron chi connectivity index (χ3n) is 3.55. The lowest BCUT2D eigenvalue weighted by Gasteiger charge is -2.18. The highest BCUT2D eigenvalue weighted by Gasteiger charge is 2.21. The molecule has 4 nitrogen and oxygen atoms in total. The van der Waals surface area contributed by atoms with Gasteiger partial charge < -0.3 is 5.73 Å². The van der Waals surface area contributed by atoms with E-state index in [1.165, 1.54) is 0 Å². The van der Waals surface area contributed by atoms with Crippen molar-refractivity contribution in [1.29, 1.82) is 0 Å². The van der Waals surface area contributed by atoms with Gasteiger partial charge in [-0.3, -0.25) is 0 Å². The molecule has 0 aliphatic heterocycles. The molecule has 3 N–H and O–H groups in total. The molecule has 0 heterocycles. The maximum absolute atomic E-state index is 12.5. The molecule has 0 saturated carbocycles. The van der Waals surface area contributed by atoms with Crippen LogP contribution in [0.4, 0.5) is 5.69 Å². The van der Waals surface area contributed by atoms with Gasteiger partial charge >= 0.3 is 0 Å². The normalized spacial score (nSPS) is 13.8. The first-order chi connectivity index (χ1) is 9.33. The molecule has 0 saturated heterocycles. The predicted molar refractivity (Wildman–Crippen MR) is 83.0 cm³/mol. The highest BCUT2D eigenvalue weighted by Crippen LogP contribution is 2.27. The number of fused-ring (bicyclic) bond motifs is 1. The Morgan fingerprint density at radius 1 is 1.00 bits per heavy atom. The lowest BCUT2D eigenvalue weighted by atomic mass is 10.1. The fourth-order valence-electron chi connectivity index (χ4n) is 1.97. The molecular weight excluding hydrogens is 272 g/mol. The molecule has 0 aliphatic carbocycles. The SMILES string of the molecule is CC(C)C(C)NS(=O)(=O)c1ccc(N)c2ccccc12. The van der Waals surface area contributed by atoms with Crippen molar-refractivity contribution in [1.82, 2.24) is 4.72 Å². The molecule has 0 bridgehead atoms. The highest BCUT2D eigenvalue weighted by atomic mass is 32.2. The zero-order chi connectivity index (χ0) is 14.9. The van der Waals surface area contributed by atoms with Crippen molar-refractivity contribution >= 4 is 26.5 Å². The minimum absolute atomic E-state index is 0.128. The number of nitrogen functional groups attached to an aromatic ring is 1. The van der Waals surface area contributed by atoms with Gasteiger partial charge in [-0.15, -0.1) is 0 Å². The van der Waals surface area contributed by atoms with Gasteiger partial charge in [0.1, 0.15) is 0 Å². The van der Waals surface area contributed by atoms with Crippen molar-refractivity contribution in [3.05, 3.63) is 36.4 Å². The molecule has 2 aromatic rings. The second-order valence-electron chi connectivity index (χ2n) is 5.35. The van der Waals surface area contributed by atoms with Crippen LogP contribution < -0.4 is 10.5 Å². The Morgan fingerprint density at radius 2 is 1.60 bits per heavy atom. The molecule has 1 unspecified atom stereocenters. The number of hydrogen-bond donors (Lipinski definition) is 2. The number of anilines is 1. The van der Waals surface area contributed by atoms with Gasteiger partial charge in [-0.2, -0.15) is 0 Å². The Labute approximate surface area is 120 Å². The van der Waals surface area contributed by atoms with Gasteiger partial charge in [0, 0.05) is 22.5 Å². The van der Waals surface area contributed by atoms with Crippen LogP contribution in [0.5, 0.6) is 0 Å². The quantitative estimate of drug-likeness (QED) is 0.851. The molecule has 0 spiro atoms. The van der Waals surface area contributed by atoms with Crippen molar-refractivity contribution < 1.29 is 8.42 Å². The van der Waals surface area contributed by atoms with E-state index in [0.717, 1.165) is 5.39 Å². The Morgan fingerprint density at radius 3 is 2.20 bits per heavy atom. The maximum Gasteiger partial charge on any atom is 0.241 e. The van der Waals surface area contributed by atoms with Crippen LogP contribution in [-0.4, -0.2) is 14.5 Å². The van der Waals surface area contributed by atoms with Crippen LogP contribution in [0.1, 0.15) is 20.8 Å². The molecule has 20 heavy (non-hydrogen) atoms. The van der Waals surface area contributed by atoms with E-state index in [4.69, 9.17) is 5.73 Å². The minimum atomic E-state index is -3.55. The molecule has 0 amide bonds. The summed E-state index contributed by atoms with van der Waals surface area (Å²) in [6, 6.07) is 10.3. The van der Waals surface area contributed by atoms with Crippen molar-refractivity contribution in [3.8, 4) is 0 Å². The lowest BCUT2D eigenvalue weighted by Crippen LogP contribution is -2.36. The summed E-state index contributed by atoms with van der Waals surface area (Å²) in [5.74, 6) is 0.227. The predicted octanol–water partition coefficient (Wildman–Crippen LogP) is 2.74. The summed E-state index contributed by atoms with van der Waals surface area (Å²) in [5.41, 5.74) is 6.48. The number of nitrogens with one attached hydrogen (secondary N) is 1. The van der Waals surface area contributed by atoms with E-state index in [2.05, 4.69) is 4.72 Å². The summed E-state index contributed by atoms with van der Waals surface area (Å²) in [5, 5.41) is 1.41. The zero-order valence-electron chi connectivity index (χ0n) is 11.9. The van der Waals surface area contributed by atoms with E-state index in [1.54, 1.807) is 18.2 Å². The number of benzene rings is 2. The summed E-state index contributed by atoms with van der Waals surface area (Å²) in [7, 11) is -3.55. The first-order valence-electron chi connectivity index (χ1n) is 6.62. The Bertz CT molecular complexity index is 724. The van der Waals surface area contributed by atoms with Crippen molar-refractivity contribution in [2.24, 2.45) is 5.92 Å². The summed E-state index contributed by atoms with van der Waals surface area (Å²) >= 11 is 0. The Hall–Kier alpha value is -1.59. The van der Waals surface area contributed by atoms with Crippen molar-refractivity contribution in [2.45, 2.75) is 31.7 Å². The Balaban J connectivity index is 2.56. The minimum Gasteiger partial charge on any atom is -0.398 e. The topological polar surface area (TPSA) is 72.2 Å². The van der Waals surface area contributed by atoms with Gasteiger partial charge in [0.25, 0.3) is 0 Å².